The van der Waals surface area contributed by atoms with Crippen LogP contribution in [0.3, 0.4) is 0 Å². The summed E-state index contributed by atoms with van der Waals surface area (Å²) in [6, 6.07) is 8.44. The van der Waals surface area contributed by atoms with Gasteiger partial charge in [0.15, 0.2) is 0 Å². The number of ether oxygens (including phenoxy) is 1. The second-order valence-corrected chi connectivity index (χ2v) is 6.03. The van der Waals surface area contributed by atoms with E-state index in [1.807, 2.05) is 19.4 Å². The fourth-order valence-corrected chi connectivity index (χ4v) is 2.87. The van der Waals surface area contributed by atoms with Gasteiger partial charge >= 0.3 is 0 Å². The van der Waals surface area contributed by atoms with Crippen molar-refractivity contribution in [3.63, 3.8) is 0 Å². The van der Waals surface area contributed by atoms with Crippen molar-refractivity contribution >= 4 is 5.91 Å². The Morgan fingerprint density at radius 1 is 1.26 bits per heavy atom. The predicted octanol–water partition coefficient (Wildman–Crippen LogP) is 2.17. The molecule has 0 spiro atoms. The lowest BCUT2D eigenvalue weighted by molar-refractivity contribution is -0.127. The highest BCUT2D eigenvalue weighted by Gasteiger charge is 2.20. The molecule has 1 aliphatic heterocycles. The van der Waals surface area contributed by atoms with Crippen LogP contribution < -0.4 is 5.32 Å². The van der Waals surface area contributed by atoms with E-state index in [-0.39, 0.29) is 11.8 Å². The Balaban J connectivity index is 1.48. The maximum atomic E-state index is 12.1. The largest absolute Gasteiger partial charge is 0.381 e. The minimum Gasteiger partial charge on any atom is -0.381 e. The highest BCUT2D eigenvalue weighted by Crippen LogP contribution is 2.19. The van der Waals surface area contributed by atoms with Crippen LogP contribution in [0.1, 0.15) is 18.4 Å². The van der Waals surface area contributed by atoms with Crippen LogP contribution in [0.25, 0.3) is 11.1 Å². The van der Waals surface area contributed by atoms with Crippen LogP contribution in [0, 0.1) is 5.92 Å². The number of nitrogens with zero attached hydrogens (tertiary/aromatic N) is 2. The van der Waals surface area contributed by atoms with Crippen LogP contribution in [0.2, 0.25) is 0 Å². The monoisotopic (exact) mass is 313 g/mol. The number of hydrogen-bond acceptors (Lipinski definition) is 3. The average molecular weight is 313 g/mol. The van der Waals surface area contributed by atoms with Gasteiger partial charge in [0.05, 0.1) is 6.20 Å². The summed E-state index contributed by atoms with van der Waals surface area (Å²) >= 11 is 0. The lowest BCUT2D eigenvalue weighted by atomic mass is 9.99. The van der Waals surface area contributed by atoms with E-state index in [1.54, 1.807) is 4.68 Å². The zero-order valence-corrected chi connectivity index (χ0v) is 13.5. The van der Waals surface area contributed by atoms with E-state index >= 15 is 0 Å². The van der Waals surface area contributed by atoms with Crippen molar-refractivity contribution in [1.82, 2.24) is 15.1 Å². The van der Waals surface area contributed by atoms with Gasteiger partial charge in [0.25, 0.3) is 0 Å². The normalized spacial score (nSPS) is 15.5. The maximum absolute atomic E-state index is 12.1. The van der Waals surface area contributed by atoms with Gasteiger partial charge in [-0.05, 0) is 30.4 Å². The van der Waals surface area contributed by atoms with Crippen molar-refractivity contribution in [2.45, 2.75) is 19.3 Å². The molecule has 0 saturated carbocycles. The summed E-state index contributed by atoms with van der Waals surface area (Å²) in [5.41, 5.74) is 3.50. The third kappa shape index (κ3) is 4.20. The van der Waals surface area contributed by atoms with Crippen molar-refractivity contribution in [2.24, 2.45) is 13.0 Å². The van der Waals surface area contributed by atoms with Crippen LogP contribution in [0.5, 0.6) is 0 Å². The van der Waals surface area contributed by atoms with Crippen molar-refractivity contribution in [2.75, 3.05) is 19.8 Å². The number of hydrogen-bond donors (Lipinski definition) is 1. The molecule has 1 fully saturated rings. The lowest BCUT2D eigenvalue weighted by Crippen LogP contribution is -2.35. The van der Waals surface area contributed by atoms with E-state index in [9.17, 15) is 4.79 Å². The first-order valence-corrected chi connectivity index (χ1v) is 8.16. The van der Waals surface area contributed by atoms with Gasteiger partial charge in [-0.1, -0.05) is 24.3 Å². The Kier molecular flexibility index (Phi) is 5.08. The Labute approximate surface area is 136 Å². The van der Waals surface area contributed by atoms with Gasteiger partial charge in [-0.15, -0.1) is 0 Å². The average Bonchev–Trinajstić information content (AvgIpc) is 3.03. The van der Waals surface area contributed by atoms with Gasteiger partial charge in [-0.2, -0.15) is 5.10 Å². The SMILES string of the molecule is Cn1cc(-c2ccc(CCNC(=O)C3CCOCC3)cc2)cn1. The predicted molar refractivity (Wildman–Crippen MR) is 88.9 cm³/mol. The standard InChI is InChI=1S/C18H23N3O2/c1-21-13-17(12-20-21)15-4-2-14(3-5-15)6-9-19-18(22)16-7-10-23-11-8-16/h2-5,12-13,16H,6-11H2,1H3,(H,19,22). The first-order chi connectivity index (χ1) is 11.2. The first kappa shape index (κ1) is 15.7. The Hall–Kier alpha value is -2.14. The molecular weight excluding hydrogens is 290 g/mol. The molecule has 5 heteroatoms. The molecule has 2 heterocycles. The summed E-state index contributed by atoms with van der Waals surface area (Å²) in [5.74, 6) is 0.289. The summed E-state index contributed by atoms with van der Waals surface area (Å²) < 4.78 is 7.09. The van der Waals surface area contributed by atoms with Gasteiger partial charge in [0.1, 0.15) is 0 Å². The molecule has 0 atom stereocenters. The van der Waals surface area contributed by atoms with E-state index in [0.717, 1.165) is 30.4 Å². The fraction of sp³-hybridized carbons (Fsp3) is 0.444. The lowest BCUT2D eigenvalue weighted by Gasteiger charge is -2.21. The van der Waals surface area contributed by atoms with Crippen LogP contribution in [-0.2, 0) is 23.0 Å². The second-order valence-electron chi connectivity index (χ2n) is 6.03. The molecule has 5 nitrogen and oxygen atoms in total. The van der Waals surface area contributed by atoms with Gasteiger partial charge in [-0.25, -0.2) is 0 Å². The molecule has 1 saturated heterocycles. The van der Waals surface area contributed by atoms with Gasteiger partial charge in [0, 0.05) is 44.5 Å². The smallest absolute Gasteiger partial charge is 0.223 e. The number of carbonyl (C=O) groups excluding carboxylic acids is 1. The third-order valence-corrected chi connectivity index (χ3v) is 4.30. The van der Waals surface area contributed by atoms with Gasteiger partial charge in [-0.3, -0.25) is 9.48 Å². The molecular formula is C18H23N3O2. The Bertz CT molecular complexity index is 643. The minimum absolute atomic E-state index is 0.122. The Morgan fingerprint density at radius 3 is 2.65 bits per heavy atom. The molecule has 1 aliphatic rings. The molecule has 0 aliphatic carbocycles. The quantitative estimate of drug-likeness (QED) is 0.920. The van der Waals surface area contributed by atoms with Gasteiger partial charge in [0.2, 0.25) is 5.91 Å². The molecule has 0 unspecified atom stereocenters. The fourth-order valence-electron chi connectivity index (χ4n) is 2.87. The number of rotatable bonds is 5. The molecule has 23 heavy (non-hydrogen) atoms. The van der Waals surface area contributed by atoms with E-state index in [0.29, 0.717) is 19.8 Å². The molecule has 1 aromatic heterocycles. The summed E-state index contributed by atoms with van der Waals surface area (Å²) in [6.07, 6.45) is 6.39. The van der Waals surface area contributed by atoms with E-state index in [4.69, 9.17) is 4.74 Å². The highest BCUT2D eigenvalue weighted by molar-refractivity contribution is 5.78. The summed E-state index contributed by atoms with van der Waals surface area (Å²) in [5, 5.41) is 7.23. The van der Waals surface area contributed by atoms with Crippen LogP contribution in [0.15, 0.2) is 36.7 Å². The first-order valence-electron chi connectivity index (χ1n) is 8.16. The van der Waals surface area contributed by atoms with Crippen molar-refractivity contribution < 1.29 is 9.53 Å². The number of aryl methyl sites for hydroxylation is 1. The second kappa shape index (κ2) is 7.42. The molecule has 3 rings (SSSR count). The van der Waals surface area contributed by atoms with Crippen molar-refractivity contribution in [3.05, 3.63) is 42.2 Å². The van der Waals surface area contributed by atoms with Crippen LogP contribution in [0.4, 0.5) is 0 Å². The van der Waals surface area contributed by atoms with Crippen molar-refractivity contribution in [1.29, 1.82) is 0 Å². The topological polar surface area (TPSA) is 56.2 Å². The summed E-state index contributed by atoms with van der Waals surface area (Å²) in [6.45, 7) is 2.09. The molecule has 1 amide bonds. The number of benzene rings is 1. The molecule has 0 bridgehead atoms. The van der Waals surface area contributed by atoms with Gasteiger partial charge < -0.3 is 10.1 Å². The zero-order chi connectivity index (χ0) is 16.1. The van der Waals surface area contributed by atoms with E-state index in [2.05, 4.69) is 34.7 Å². The Morgan fingerprint density at radius 2 is 2.00 bits per heavy atom. The molecule has 0 radical (unpaired) electrons. The molecule has 122 valence electrons. The molecule has 1 N–H and O–H groups in total. The van der Waals surface area contributed by atoms with Crippen LogP contribution >= 0.6 is 0 Å². The summed E-state index contributed by atoms with van der Waals surface area (Å²) in [7, 11) is 1.92. The number of carbonyl (C=O) groups is 1. The zero-order valence-electron chi connectivity index (χ0n) is 13.5. The number of amides is 1. The van der Waals surface area contributed by atoms with Crippen LogP contribution in [-0.4, -0.2) is 35.4 Å². The number of nitrogens with one attached hydrogen (secondary N) is 1. The maximum Gasteiger partial charge on any atom is 0.223 e. The molecule has 2 aromatic rings. The summed E-state index contributed by atoms with van der Waals surface area (Å²) in [4.78, 5) is 12.1. The minimum atomic E-state index is 0.122. The van der Waals surface area contributed by atoms with E-state index in [1.165, 1.54) is 5.56 Å². The number of aromatic nitrogens is 2. The highest BCUT2D eigenvalue weighted by atomic mass is 16.5. The molecule has 1 aromatic carbocycles. The third-order valence-electron chi connectivity index (χ3n) is 4.30. The van der Waals surface area contributed by atoms with E-state index < -0.39 is 0 Å². The van der Waals surface area contributed by atoms with Crippen molar-refractivity contribution in [3.8, 4) is 11.1 Å².